The van der Waals surface area contributed by atoms with Crippen LogP contribution in [0.4, 0.5) is 5.82 Å². The lowest BCUT2D eigenvalue weighted by Crippen LogP contribution is -2.17. The first kappa shape index (κ1) is 13.8. The minimum atomic E-state index is -0.942. The van der Waals surface area contributed by atoms with E-state index in [0.717, 1.165) is 31.6 Å². The molecular formula is C16H18N2O3. The molecule has 3 rings (SSSR count). The molecular weight excluding hydrogens is 268 g/mol. The Labute approximate surface area is 122 Å². The second kappa shape index (κ2) is 5.33. The average molecular weight is 286 g/mol. The van der Waals surface area contributed by atoms with Crippen LogP contribution in [0.25, 0.3) is 10.9 Å². The van der Waals surface area contributed by atoms with Gasteiger partial charge in [0.05, 0.1) is 11.1 Å². The zero-order chi connectivity index (χ0) is 14.9. The van der Waals surface area contributed by atoms with Crippen LogP contribution in [0.15, 0.2) is 30.3 Å². The summed E-state index contributed by atoms with van der Waals surface area (Å²) in [6.07, 6.45) is 3.09. The number of pyridine rings is 1. The van der Waals surface area contributed by atoms with Crippen molar-refractivity contribution in [1.29, 1.82) is 0 Å². The largest absolute Gasteiger partial charge is 0.478 e. The van der Waals surface area contributed by atoms with E-state index in [9.17, 15) is 4.79 Å². The number of hydrogen-bond acceptors (Lipinski definition) is 4. The molecule has 110 valence electrons. The quantitative estimate of drug-likeness (QED) is 0.760. The Morgan fingerprint density at radius 1 is 1.29 bits per heavy atom. The number of carboxylic acid groups (broad SMARTS) is 1. The molecule has 0 atom stereocenters. The molecule has 1 aliphatic carbocycles. The lowest BCUT2D eigenvalue weighted by molar-refractivity contribution is 0.0699. The van der Waals surface area contributed by atoms with Crippen molar-refractivity contribution in [2.75, 3.05) is 18.5 Å². The summed E-state index contributed by atoms with van der Waals surface area (Å²) in [6, 6.07) is 8.70. The zero-order valence-corrected chi connectivity index (χ0v) is 11.7. The Morgan fingerprint density at radius 3 is 2.76 bits per heavy atom. The third-order valence-corrected chi connectivity index (χ3v) is 4.21. The van der Waals surface area contributed by atoms with Crippen LogP contribution in [0.3, 0.4) is 0 Å². The molecule has 5 nitrogen and oxygen atoms in total. The standard InChI is InChI=1S/C16H18N2O3/c19-9-8-16(6-7-16)10-17-14-5-4-11-12(15(20)21)2-1-3-13(11)18-14/h1-5,19H,6-10H2,(H,17,18)(H,20,21). The fourth-order valence-electron chi connectivity index (χ4n) is 2.65. The van der Waals surface area contributed by atoms with Crippen LogP contribution in [-0.4, -0.2) is 34.3 Å². The smallest absolute Gasteiger partial charge is 0.336 e. The molecule has 0 aliphatic heterocycles. The molecule has 1 aromatic heterocycles. The molecule has 1 heterocycles. The summed E-state index contributed by atoms with van der Waals surface area (Å²) in [7, 11) is 0. The summed E-state index contributed by atoms with van der Waals surface area (Å²) in [5, 5.41) is 22.2. The number of aliphatic hydroxyl groups is 1. The number of rotatable bonds is 6. The Balaban J connectivity index is 1.80. The molecule has 5 heteroatoms. The van der Waals surface area contributed by atoms with Crippen molar-refractivity contribution >= 4 is 22.7 Å². The van der Waals surface area contributed by atoms with Crippen molar-refractivity contribution < 1.29 is 15.0 Å². The van der Waals surface area contributed by atoms with Gasteiger partial charge in [-0.1, -0.05) is 6.07 Å². The molecule has 1 saturated carbocycles. The van der Waals surface area contributed by atoms with Gasteiger partial charge in [0, 0.05) is 18.5 Å². The second-order valence-electron chi connectivity index (χ2n) is 5.70. The average Bonchev–Trinajstić information content (AvgIpc) is 3.24. The van der Waals surface area contributed by atoms with E-state index in [1.165, 1.54) is 0 Å². The second-order valence-corrected chi connectivity index (χ2v) is 5.70. The Bertz CT molecular complexity index is 680. The number of anilines is 1. The Hall–Kier alpha value is -2.14. The summed E-state index contributed by atoms with van der Waals surface area (Å²) in [6.45, 7) is 1.01. The molecule has 21 heavy (non-hydrogen) atoms. The highest BCUT2D eigenvalue weighted by Gasteiger charge is 2.41. The van der Waals surface area contributed by atoms with E-state index in [1.54, 1.807) is 18.2 Å². The van der Waals surface area contributed by atoms with Crippen LogP contribution < -0.4 is 5.32 Å². The summed E-state index contributed by atoms with van der Waals surface area (Å²) < 4.78 is 0. The first-order chi connectivity index (χ1) is 10.1. The fraction of sp³-hybridized carbons (Fsp3) is 0.375. The number of aromatic carboxylic acids is 1. The fourth-order valence-corrected chi connectivity index (χ4v) is 2.65. The van der Waals surface area contributed by atoms with Crippen LogP contribution in [0, 0.1) is 5.41 Å². The minimum absolute atomic E-state index is 0.217. The molecule has 3 N–H and O–H groups in total. The van der Waals surface area contributed by atoms with E-state index in [1.807, 2.05) is 12.1 Å². The normalized spacial score (nSPS) is 15.9. The van der Waals surface area contributed by atoms with Crippen LogP contribution in [0.1, 0.15) is 29.6 Å². The molecule has 1 aliphatic rings. The number of nitrogens with zero attached hydrogens (tertiary/aromatic N) is 1. The van der Waals surface area contributed by atoms with Gasteiger partial charge in [-0.05, 0) is 48.9 Å². The van der Waals surface area contributed by atoms with Crippen LogP contribution >= 0.6 is 0 Å². The number of carboxylic acids is 1. The maximum Gasteiger partial charge on any atom is 0.336 e. The highest BCUT2D eigenvalue weighted by molar-refractivity contribution is 6.02. The molecule has 0 amide bonds. The summed E-state index contributed by atoms with van der Waals surface area (Å²) in [5.74, 6) is -0.197. The molecule has 1 fully saturated rings. The molecule has 0 unspecified atom stereocenters. The highest BCUT2D eigenvalue weighted by Crippen LogP contribution is 2.48. The summed E-state index contributed by atoms with van der Waals surface area (Å²) in [4.78, 5) is 15.6. The Kier molecular flexibility index (Phi) is 3.51. The van der Waals surface area contributed by atoms with E-state index >= 15 is 0 Å². The molecule has 0 spiro atoms. The van der Waals surface area contributed by atoms with Crippen molar-refractivity contribution in [3.8, 4) is 0 Å². The number of fused-ring (bicyclic) bond motifs is 1. The maximum atomic E-state index is 11.2. The molecule has 1 aromatic carbocycles. The first-order valence-corrected chi connectivity index (χ1v) is 7.11. The van der Waals surface area contributed by atoms with Gasteiger partial charge in [-0.3, -0.25) is 0 Å². The van der Waals surface area contributed by atoms with Gasteiger partial charge in [0.15, 0.2) is 0 Å². The van der Waals surface area contributed by atoms with Gasteiger partial charge in [-0.2, -0.15) is 0 Å². The van der Waals surface area contributed by atoms with Gasteiger partial charge in [0.2, 0.25) is 0 Å². The number of aromatic nitrogens is 1. The van der Waals surface area contributed by atoms with Crippen molar-refractivity contribution in [1.82, 2.24) is 4.98 Å². The van der Waals surface area contributed by atoms with Crippen molar-refractivity contribution in [2.24, 2.45) is 5.41 Å². The predicted molar refractivity (Wildman–Crippen MR) is 80.6 cm³/mol. The first-order valence-electron chi connectivity index (χ1n) is 7.11. The minimum Gasteiger partial charge on any atom is -0.478 e. The number of aliphatic hydroxyl groups excluding tert-OH is 1. The number of carbonyl (C=O) groups is 1. The van der Waals surface area contributed by atoms with E-state index < -0.39 is 5.97 Å². The maximum absolute atomic E-state index is 11.2. The predicted octanol–water partition coefficient (Wildman–Crippen LogP) is 2.51. The van der Waals surface area contributed by atoms with Gasteiger partial charge >= 0.3 is 5.97 Å². The molecule has 0 saturated heterocycles. The number of nitrogens with one attached hydrogen (secondary N) is 1. The summed E-state index contributed by atoms with van der Waals surface area (Å²) in [5.41, 5.74) is 1.16. The molecule has 2 aromatic rings. The van der Waals surface area contributed by atoms with Gasteiger partial charge in [0.1, 0.15) is 5.82 Å². The number of benzene rings is 1. The molecule has 0 radical (unpaired) electrons. The van der Waals surface area contributed by atoms with Crippen molar-refractivity contribution in [3.63, 3.8) is 0 Å². The van der Waals surface area contributed by atoms with E-state index in [4.69, 9.17) is 10.2 Å². The van der Waals surface area contributed by atoms with Crippen LogP contribution in [0.2, 0.25) is 0 Å². The SMILES string of the molecule is O=C(O)c1cccc2nc(NCC3(CCO)CC3)ccc12. The van der Waals surface area contributed by atoms with E-state index in [0.29, 0.717) is 10.9 Å². The Morgan fingerprint density at radius 2 is 2.10 bits per heavy atom. The molecule has 0 bridgehead atoms. The third kappa shape index (κ3) is 2.83. The van der Waals surface area contributed by atoms with E-state index in [-0.39, 0.29) is 17.6 Å². The van der Waals surface area contributed by atoms with E-state index in [2.05, 4.69) is 10.3 Å². The monoisotopic (exact) mass is 286 g/mol. The zero-order valence-electron chi connectivity index (χ0n) is 11.7. The topological polar surface area (TPSA) is 82.5 Å². The van der Waals surface area contributed by atoms with Crippen LogP contribution in [-0.2, 0) is 0 Å². The van der Waals surface area contributed by atoms with Gasteiger partial charge in [-0.25, -0.2) is 9.78 Å². The van der Waals surface area contributed by atoms with Crippen molar-refractivity contribution in [2.45, 2.75) is 19.3 Å². The van der Waals surface area contributed by atoms with Gasteiger partial charge < -0.3 is 15.5 Å². The number of hydrogen-bond donors (Lipinski definition) is 3. The lowest BCUT2D eigenvalue weighted by Gasteiger charge is -2.15. The van der Waals surface area contributed by atoms with Crippen LogP contribution in [0.5, 0.6) is 0 Å². The lowest BCUT2D eigenvalue weighted by atomic mass is 10.0. The van der Waals surface area contributed by atoms with Crippen molar-refractivity contribution in [3.05, 3.63) is 35.9 Å². The third-order valence-electron chi connectivity index (χ3n) is 4.21. The van der Waals surface area contributed by atoms with Gasteiger partial charge in [-0.15, -0.1) is 0 Å². The summed E-state index contributed by atoms with van der Waals surface area (Å²) >= 11 is 0. The highest BCUT2D eigenvalue weighted by atomic mass is 16.4. The van der Waals surface area contributed by atoms with Gasteiger partial charge in [0.25, 0.3) is 0 Å².